The zero-order chi connectivity index (χ0) is 16.7. The fraction of sp³-hybridized carbons (Fsp3) is 0.565. The molecule has 2 rings (SSSR count). The second kappa shape index (κ2) is 9.11. The number of rotatable bonds is 8. The Hall–Kier alpha value is -1.30. The number of benzene rings is 1. The first kappa shape index (κ1) is 18.0. The summed E-state index contributed by atoms with van der Waals surface area (Å²) in [5.41, 5.74) is 4.76. The van der Waals surface area contributed by atoms with Crippen molar-refractivity contribution < 1.29 is 0 Å². The quantitative estimate of drug-likeness (QED) is 0.442. The van der Waals surface area contributed by atoms with Crippen LogP contribution in [0, 0.1) is 17.8 Å². The number of unbranched alkanes of at least 4 members (excludes halogenated alkanes) is 1. The van der Waals surface area contributed by atoms with Gasteiger partial charge in [-0.25, -0.2) is 0 Å². The maximum absolute atomic E-state index is 2.55. The third kappa shape index (κ3) is 4.83. The van der Waals surface area contributed by atoms with Crippen molar-refractivity contribution in [2.75, 3.05) is 0 Å². The molecule has 1 aromatic rings. The Morgan fingerprint density at radius 3 is 2.26 bits per heavy atom. The molecule has 1 aromatic carbocycles. The number of allylic oxidation sites excluding steroid dienone is 4. The molecule has 0 spiro atoms. The summed E-state index contributed by atoms with van der Waals surface area (Å²) >= 11 is 0. The van der Waals surface area contributed by atoms with Crippen LogP contribution in [0.1, 0.15) is 71.8 Å². The van der Waals surface area contributed by atoms with Gasteiger partial charge in [0.15, 0.2) is 0 Å². The van der Waals surface area contributed by atoms with Crippen molar-refractivity contribution in [1.29, 1.82) is 0 Å². The summed E-state index contributed by atoms with van der Waals surface area (Å²) in [6, 6.07) is 11.1. The van der Waals surface area contributed by atoms with Gasteiger partial charge < -0.3 is 0 Å². The zero-order valence-electron chi connectivity index (χ0n) is 15.5. The molecule has 0 aromatic heterocycles. The van der Waals surface area contributed by atoms with Crippen LogP contribution in [0.15, 0.2) is 48.1 Å². The minimum atomic E-state index is 0.612. The van der Waals surface area contributed by atoms with Crippen molar-refractivity contribution in [2.24, 2.45) is 17.8 Å². The van der Waals surface area contributed by atoms with Crippen LogP contribution in [0.25, 0.3) is 5.57 Å². The van der Waals surface area contributed by atoms with Gasteiger partial charge in [0.25, 0.3) is 0 Å². The maximum atomic E-state index is 2.55. The van der Waals surface area contributed by atoms with E-state index in [1.807, 2.05) is 0 Å². The number of hydrogen-bond donors (Lipinski definition) is 0. The molecule has 0 bridgehead atoms. The van der Waals surface area contributed by atoms with Crippen molar-refractivity contribution in [3.8, 4) is 0 Å². The van der Waals surface area contributed by atoms with Crippen LogP contribution < -0.4 is 0 Å². The van der Waals surface area contributed by atoms with Gasteiger partial charge in [0.05, 0.1) is 0 Å². The van der Waals surface area contributed by atoms with E-state index in [2.05, 4.69) is 70.2 Å². The normalized spacial score (nSPS) is 22.3. The summed E-state index contributed by atoms with van der Waals surface area (Å²) < 4.78 is 0. The van der Waals surface area contributed by atoms with Crippen LogP contribution in [0.2, 0.25) is 0 Å². The molecule has 126 valence electrons. The predicted octanol–water partition coefficient (Wildman–Crippen LogP) is 7.28. The van der Waals surface area contributed by atoms with Crippen molar-refractivity contribution >= 4 is 5.57 Å². The van der Waals surface area contributed by atoms with E-state index in [0.29, 0.717) is 5.92 Å². The van der Waals surface area contributed by atoms with E-state index in [1.165, 1.54) is 44.1 Å². The highest BCUT2D eigenvalue weighted by molar-refractivity contribution is 5.69. The van der Waals surface area contributed by atoms with Crippen LogP contribution in [0.5, 0.6) is 0 Å². The smallest absolute Gasteiger partial charge is 0.00932 e. The monoisotopic (exact) mass is 310 g/mol. The molecule has 1 aliphatic rings. The Labute approximate surface area is 143 Å². The minimum absolute atomic E-state index is 0.612. The van der Waals surface area contributed by atoms with E-state index < -0.39 is 0 Å². The van der Waals surface area contributed by atoms with Crippen LogP contribution >= 0.6 is 0 Å². The lowest BCUT2D eigenvalue weighted by atomic mass is 9.64. The summed E-state index contributed by atoms with van der Waals surface area (Å²) in [4.78, 5) is 0. The summed E-state index contributed by atoms with van der Waals surface area (Å²) in [5, 5.41) is 0. The molecule has 23 heavy (non-hydrogen) atoms. The lowest BCUT2D eigenvalue weighted by molar-refractivity contribution is 0.273. The zero-order valence-corrected chi connectivity index (χ0v) is 15.5. The van der Waals surface area contributed by atoms with Crippen molar-refractivity contribution in [1.82, 2.24) is 0 Å². The minimum Gasteiger partial charge on any atom is -0.0850 e. The Morgan fingerprint density at radius 1 is 1.04 bits per heavy atom. The van der Waals surface area contributed by atoms with Gasteiger partial charge >= 0.3 is 0 Å². The SMILES string of the molecule is CCCC=C(CCC)C1CCC1C(=CC(C)C)c1ccccc1. The fourth-order valence-electron chi connectivity index (χ4n) is 3.80. The molecular weight excluding hydrogens is 276 g/mol. The highest BCUT2D eigenvalue weighted by Crippen LogP contribution is 2.48. The highest BCUT2D eigenvalue weighted by atomic mass is 14.4. The molecule has 1 saturated carbocycles. The van der Waals surface area contributed by atoms with E-state index in [4.69, 9.17) is 0 Å². The number of hydrogen-bond acceptors (Lipinski definition) is 0. The first-order valence-electron chi connectivity index (χ1n) is 9.63. The third-order valence-corrected chi connectivity index (χ3v) is 5.00. The van der Waals surface area contributed by atoms with Gasteiger partial charge in [-0.15, -0.1) is 0 Å². The summed E-state index contributed by atoms with van der Waals surface area (Å²) in [5.74, 6) is 2.13. The molecule has 0 N–H and O–H groups in total. The van der Waals surface area contributed by atoms with E-state index in [9.17, 15) is 0 Å². The van der Waals surface area contributed by atoms with Gasteiger partial charge in [-0.2, -0.15) is 0 Å². The topological polar surface area (TPSA) is 0 Å². The molecule has 0 saturated heterocycles. The average molecular weight is 311 g/mol. The van der Waals surface area contributed by atoms with Gasteiger partial charge in [-0.05, 0) is 54.6 Å². The molecule has 1 fully saturated rings. The van der Waals surface area contributed by atoms with E-state index in [1.54, 1.807) is 11.1 Å². The fourth-order valence-corrected chi connectivity index (χ4v) is 3.80. The second-order valence-corrected chi connectivity index (χ2v) is 7.34. The van der Waals surface area contributed by atoms with Gasteiger partial charge in [-0.1, -0.05) is 88.6 Å². The molecular formula is C23H34. The van der Waals surface area contributed by atoms with E-state index in [0.717, 1.165) is 11.8 Å². The molecule has 0 nitrogen and oxygen atoms in total. The average Bonchev–Trinajstić information content (AvgIpc) is 2.51. The van der Waals surface area contributed by atoms with Crippen LogP contribution in [-0.2, 0) is 0 Å². The molecule has 1 aliphatic carbocycles. The Kier molecular flexibility index (Phi) is 7.15. The standard InChI is InChI=1S/C23H34/c1-5-7-12-19(11-6-2)21-15-16-22(21)23(17-18(3)4)20-13-9-8-10-14-20/h8-10,12-14,17-18,21-22H,5-7,11,15-16H2,1-4H3. The molecule has 0 heterocycles. The summed E-state index contributed by atoms with van der Waals surface area (Å²) in [6.45, 7) is 9.20. The third-order valence-electron chi connectivity index (χ3n) is 5.00. The largest absolute Gasteiger partial charge is 0.0850 e. The first-order valence-corrected chi connectivity index (χ1v) is 9.63. The molecule has 2 atom stereocenters. The molecule has 0 aliphatic heterocycles. The van der Waals surface area contributed by atoms with Gasteiger partial charge in [0.1, 0.15) is 0 Å². The lowest BCUT2D eigenvalue weighted by Crippen LogP contribution is -2.29. The molecule has 0 heteroatoms. The second-order valence-electron chi connectivity index (χ2n) is 7.34. The molecule has 0 radical (unpaired) electrons. The van der Waals surface area contributed by atoms with Gasteiger partial charge in [0, 0.05) is 0 Å². The Bertz CT molecular complexity index is 518. The van der Waals surface area contributed by atoms with Crippen molar-refractivity contribution in [2.45, 2.75) is 66.2 Å². The predicted molar refractivity (Wildman–Crippen MR) is 103 cm³/mol. The molecule has 2 unspecified atom stereocenters. The van der Waals surface area contributed by atoms with Crippen LogP contribution in [0.4, 0.5) is 0 Å². The van der Waals surface area contributed by atoms with Gasteiger partial charge in [0.2, 0.25) is 0 Å². The van der Waals surface area contributed by atoms with E-state index >= 15 is 0 Å². The summed E-state index contributed by atoms with van der Waals surface area (Å²) in [6.07, 6.45) is 12.9. The van der Waals surface area contributed by atoms with Gasteiger partial charge in [-0.3, -0.25) is 0 Å². The van der Waals surface area contributed by atoms with Crippen LogP contribution in [0.3, 0.4) is 0 Å². The Balaban J connectivity index is 2.26. The first-order chi connectivity index (χ1) is 11.2. The lowest BCUT2D eigenvalue weighted by Gasteiger charge is -2.41. The van der Waals surface area contributed by atoms with E-state index in [-0.39, 0.29) is 0 Å². The van der Waals surface area contributed by atoms with Crippen molar-refractivity contribution in [3.05, 3.63) is 53.6 Å². The highest BCUT2D eigenvalue weighted by Gasteiger charge is 2.35. The van der Waals surface area contributed by atoms with Crippen molar-refractivity contribution in [3.63, 3.8) is 0 Å². The maximum Gasteiger partial charge on any atom is -0.00932 e. The van der Waals surface area contributed by atoms with Crippen LogP contribution in [-0.4, -0.2) is 0 Å². The summed E-state index contributed by atoms with van der Waals surface area (Å²) in [7, 11) is 0. The molecule has 0 amide bonds. The Morgan fingerprint density at radius 2 is 1.74 bits per heavy atom.